The zero-order valence-corrected chi connectivity index (χ0v) is 72.6. The molecule has 8 N–H and O–H groups in total. The fraction of sp³-hybridized carbons (Fsp3) is 0.539. The zero-order valence-electron chi connectivity index (χ0n) is 72.6. The summed E-state index contributed by atoms with van der Waals surface area (Å²) in [6, 6.07) is 31.2. The first-order valence-corrected chi connectivity index (χ1v) is 42.2. The van der Waals surface area contributed by atoms with E-state index in [4.69, 9.17) is 96.7 Å². The number of para-hydroxylation sites is 4. The highest BCUT2D eigenvalue weighted by atomic mass is 16.6. The molecule has 0 aliphatic carbocycles. The van der Waals surface area contributed by atoms with E-state index in [-0.39, 0.29) is 125 Å². The molecule has 0 aliphatic heterocycles. The molecular weight excluding hydrogens is 1570 g/mol. The van der Waals surface area contributed by atoms with Gasteiger partial charge in [0.25, 0.3) is 5.91 Å². The Kier molecular flexibility index (Phi) is 32.2. The summed E-state index contributed by atoms with van der Waals surface area (Å²) in [4.78, 5) is 53.8. The maximum absolute atomic E-state index is 13.9. The van der Waals surface area contributed by atoms with E-state index in [1.807, 2.05) is 143 Å². The van der Waals surface area contributed by atoms with Crippen molar-refractivity contribution in [3.63, 3.8) is 0 Å². The molecule has 0 unspecified atom stereocenters. The smallest absolute Gasteiger partial charge is 0.251 e. The second kappa shape index (κ2) is 42.8. The van der Waals surface area contributed by atoms with Gasteiger partial charge in [0.05, 0.1) is 197 Å². The van der Waals surface area contributed by atoms with Crippen LogP contribution in [0.25, 0.3) is 87.7 Å². The summed E-state index contributed by atoms with van der Waals surface area (Å²) in [6.45, 7) is 29.2. The molecule has 0 saturated carbocycles. The Morgan fingerprint density at radius 1 is 0.320 bits per heavy atom. The zero-order chi connectivity index (χ0) is 86.4. The van der Waals surface area contributed by atoms with E-state index in [2.05, 4.69) is 21.3 Å². The van der Waals surface area contributed by atoms with Crippen molar-refractivity contribution in [1.29, 1.82) is 0 Å². The van der Waals surface area contributed by atoms with Crippen LogP contribution < -0.4 is 21.3 Å². The molecule has 0 aliphatic rings. The van der Waals surface area contributed by atoms with E-state index in [0.29, 0.717) is 159 Å². The molecule has 33 nitrogen and oxygen atoms in total. The van der Waals surface area contributed by atoms with Gasteiger partial charge < -0.3 is 117 Å². The van der Waals surface area contributed by atoms with Gasteiger partial charge in [0.1, 0.15) is 78.4 Å². The van der Waals surface area contributed by atoms with Crippen LogP contribution in [0.1, 0.15) is 106 Å². The summed E-state index contributed by atoms with van der Waals surface area (Å²) < 4.78 is 82.3. The first kappa shape index (κ1) is 91.8. The van der Waals surface area contributed by atoms with Crippen LogP contribution in [0.15, 0.2) is 97.1 Å². The maximum atomic E-state index is 13.9. The van der Waals surface area contributed by atoms with Crippen molar-refractivity contribution in [2.24, 2.45) is 5.41 Å². The summed E-state index contributed by atoms with van der Waals surface area (Å²) in [5, 5.41) is 61.3. The number of rotatable bonds is 55. The van der Waals surface area contributed by atoms with Crippen molar-refractivity contribution in [3.8, 4) is 0 Å². The van der Waals surface area contributed by atoms with Crippen LogP contribution in [0.4, 0.5) is 23.3 Å². The first-order valence-electron chi connectivity index (χ1n) is 42.2. The number of carbonyl (C=O) groups excluding carboxylic acids is 1. The third kappa shape index (κ3) is 24.6. The maximum Gasteiger partial charge on any atom is 0.251 e. The molecule has 4 aromatic carbocycles. The lowest BCUT2D eigenvalue weighted by atomic mass is 9.92. The van der Waals surface area contributed by atoms with Gasteiger partial charge in [-0.25, -0.2) is 39.9 Å². The third-order valence-corrected chi connectivity index (χ3v) is 19.8. The normalized spacial score (nSPS) is 12.7. The molecule has 0 spiro atoms. The minimum Gasteiger partial charge on any atom is -0.389 e. The van der Waals surface area contributed by atoms with Gasteiger partial charge >= 0.3 is 0 Å². The quantitative estimate of drug-likeness (QED) is 0.0164. The summed E-state index contributed by atoms with van der Waals surface area (Å²) in [5.41, 5.74) is 3.41. The molecule has 0 radical (unpaired) electrons. The van der Waals surface area contributed by atoms with Gasteiger partial charge in [0.2, 0.25) is 0 Å². The number of fused-ring (bicyclic) bond motifs is 12. The second-order valence-electron chi connectivity index (χ2n) is 32.9. The van der Waals surface area contributed by atoms with E-state index in [1.165, 1.54) is 0 Å². The van der Waals surface area contributed by atoms with E-state index in [0.717, 1.165) is 54.6 Å². The molecule has 8 heterocycles. The largest absolute Gasteiger partial charge is 0.389 e. The van der Waals surface area contributed by atoms with Gasteiger partial charge in [-0.05, 0) is 107 Å². The van der Waals surface area contributed by atoms with Crippen molar-refractivity contribution >= 4 is 117 Å². The average Bonchev–Trinajstić information content (AvgIpc) is 1.60. The Morgan fingerprint density at radius 3 is 0.836 bits per heavy atom. The van der Waals surface area contributed by atoms with Crippen LogP contribution in [0, 0.1) is 5.41 Å². The van der Waals surface area contributed by atoms with Crippen LogP contribution >= 0.6 is 0 Å². The van der Waals surface area contributed by atoms with Crippen molar-refractivity contribution in [3.05, 3.63) is 120 Å². The van der Waals surface area contributed by atoms with Gasteiger partial charge in [-0.2, -0.15) is 0 Å². The molecule has 0 atom stereocenters. The summed E-state index contributed by atoms with van der Waals surface area (Å²) in [7, 11) is 0. The van der Waals surface area contributed by atoms with Crippen LogP contribution in [-0.4, -0.2) is 259 Å². The van der Waals surface area contributed by atoms with E-state index >= 15 is 0 Å². The Balaban J connectivity index is 0.733. The van der Waals surface area contributed by atoms with Gasteiger partial charge in [-0.1, -0.05) is 72.8 Å². The summed E-state index contributed by atoms with van der Waals surface area (Å²) in [5.74, 6) is 4.13. The lowest BCUT2D eigenvalue weighted by Crippen LogP contribution is -2.43. The minimum atomic E-state index is -1.11. The summed E-state index contributed by atoms with van der Waals surface area (Å²) in [6.07, 6.45) is 0. The van der Waals surface area contributed by atoms with Gasteiger partial charge in [0.15, 0.2) is 23.3 Å². The number of hydrogen-bond acceptors (Lipinski definition) is 28. The number of nitrogens with zero attached hydrogens (tertiary/aromatic N) is 12. The number of aliphatic hydroxyl groups is 4. The number of hydrogen-bond donors (Lipinski definition) is 8. The molecule has 0 bridgehead atoms. The molecule has 0 saturated heterocycles. The number of nitrogens with one attached hydrogen (secondary N) is 4. The fourth-order valence-corrected chi connectivity index (χ4v) is 14.7. The highest BCUT2D eigenvalue weighted by molar-refractivity contribution is 6.11. The molecule has 660 valence electrons. The average molecular weight is 1690 g/mol. The number of aromatic nitrogens is 12. The molecule has 12 aromatic rings. The molecule has 8 aromatic heterocycles. The van der Waals surface area contributed by atoms with Gasteiger partial charge in [0, 0.05) is 67.6 Å². The van der Waals surface area contributed by atoms with Gasteiger partial charge in [-0.15, -0.1) is 0 Å². The minimum absolute atomic E-state index is 0.0310. The molecule has 12 rings (SSSR count). The SMILES string of the molecule is CCOCc1nc2c(NCCOCCOCC(COCCOCCNc3nc4ccccc4c4c3nc(COCC)n4CC(C)(C)O)(COCCOCCNc3nc4ccccc4c4c3nc(COCC)n4CC(C)(C)O)COCCOCC(=O)Nc3nc4ccccc4c4c3nc(COCC)n4CC(C)(C)O)nc3ccccc3c2n1CC(C)(C)O. The second-order valence-corrected chi connectivity index (χ2v) is 32.9. The van der Waals surface area contributed by atoms with Crippen LogP contribution in [-0.2, 0) is 114 Å². The molecule has 0 fully saturated rings. The number of imidazole rings is 4. The van der Waals surface area contributed by atoms with E-state index < -0.39 is 33.7 Å². The number of anilines is 4. The number of benzene rings is 4. The van der Waals surface area contributed by atoms with Crippen LogP contribution in [0.2, 0.25) is 0 Å². The Morgan fingerprint density at radius 2 is 0.566 bits per heavy atom. The molecule has 1 amide bonds. The Bertz CT molecular complexity index is 5030. The summed E-state index contributed by atoms with van der Waals surface area (Å²) >= 11 is 0. The van der Waals surface area contributed by atoms with Crippen LogP contribution in [0.3, 0.4) is 0 Å². The van der Waals surface area contributed by atoms with Crippen LogP contribution in [0.5, 0.6) is 0 Å². The highest BCUT2D eigenvalue weighted by Gasteiger charge is 2.34. The first-order chi connectivity index (χ1) is 58.7. The molecule has 122 heavy (non-hydrogen) atoms. The van der Waals surface area contributed by atoms with Crippen molar-refractivity contribution < 1.29 is 82.1 Å². The van der Waals surface area contributed by atoms with E-state index in [9.17, 15) is 25.2 Å². The standard InChI is InChI=1S/C89H122N16O17/c1-13-111-47-68-97-73-77(102(68)52-85(5,6)107)60-25-17-21-29-64(60)93-81(73)90-33-36-115-39-43-119-56-89(57-120-44-40-116-37-34-91-82-74-78(61-26-18-22-30-65(61)94-82)103(53-86(7,8)108)69(98-74)48-112-14-2,58-121-45-41-117-38-35-92-83-75-79(62-27-19-23-31-66(62)95-83)104(54-87(9,10)109)70(99-75)49-113-15-3)59-122-46-42-118-51-72(106)101-84-76-80(63-28-20-24-32-67(63)96-84)105(55-88(11,12)110)71(100-76)50-114-16-4/h17-32,107-110H,13-16,33-59H2,1-12H3,(H,90,93)(H,91,94)(H,92,95)(H,96,101,106). The topological polar surface area (TPSA) is 380 Å². The van der Waals surface area contributed by atoms with Gasteiger partial charge in [-0.3, -0.25) is 4.79 Å². The third-order valence-electron chi connectivity index (χ3n) is 19.8. The lowest BCUT2D eigenvalue weighted by Gasteiger charge is -2.33. The Labute approximate surface area is 710 Å². The van der Waals surface area contributed by atoms with Crippen molar-refractivity contribution in [2.75, 3.05) is 173 Å². The Hall–Kier alpha value is -9.37. The number of carbonyl (C=O) groups is 1. The lowest BCUT2D eigenvalue weighted by molar-refractivity contribution is -0.126. The van der Waals surface area contributed by atoms with Crippen molar-refractivity contribution in [2.45, 2.75) is 158 Å². The predicted octanol–water partition coefficient (Wildman–Crippen LogP) is 10.9. The van der Waals surface area contributed by atoms with E-state index in [1.54, 1.807) is 55.4 Å². The number of ether oxygens (including phenoxy) is 12. The molecule has 33 heteroatoms. The number of amides is 1. The number of pyridine rings is 4. The van der Waals surface area contributed by atoms with Crippen molar-refractivity contribution in [1.82, 2.24) is 58.1 Å². The predicted molar refractivity (Wildman–Crippen MR) is 470 cm³/mol. The highest BCUT2D eigenvalue weighted by Crippen LogP contribution is 2.37. The molecular formula is C89H122N16O17. The fourth-order valence-electron chi connectivity index (χ4n) is 14.7. The monoisotopic (exact) mass is 1690 g/mol.